The minimum atomic E-state index is 0.0542. The maximum absolute atomic E-state index is 13.3. The summed E-state index contributed by atoms with van der Waals surface area (Å²) in [5, 5.41) is 5.11. The molecule has 0 spiro atoms. The molecule has 4 rings (SSSR count). The van der Waals surface area contributed by atoms with Gasteiger partial charge in [-0.15, -0.1) is 0 Å². The Morgan fingerprint density at radius 1 is 1.18 bits per heavy atom. The molecule has 0 saturated carbocycles. The molecule has 1 aliphatic rings. The van der Waals surface area contributed by atoms with Crippen molar-refractivity contribution >= 4 is 17.5 Å². The van der Waals surface area contributed by atoms with Crippen LogP contribution in [0.3, 0.4) is 0 Å². The van der Waals surface area contributed by atoms with Crippen molar-refractivity contribution < 1.29 is 4.79 Å². The van der Waals surface area contributed by atoms with Crippen LogP contribution in [0.1, 0.15) is 53.3 Å². The summed E-state index contributed by atoms with van der Waals surface area (Å²) in [6.07, 6.45) is 9.90. The first-order valence-electron chi connectivity index (χ1n) is 9.81. The first-order chi connectivity index (χ1) is 13.6. The molecule has 28 heavy (non-hydrogen) atoms. The fourth-order valence-electron chi connectivity index (χ4n) is 4.01. The average molecular weight is 397 g/mol. The van der Waals surface area contributed by atoms with Gasteiger partial charge in [-0.3, -0.25) is 9.48 Å². The number of aromatic nitrogens is 3. The molecule has 6 heteroatoms. The van der Waals surface area contributed by atoms with Crippen molar-refractivity contribution in [1.82, 2.24) is 19.2 Å². The van der Waals surface area contributed by atoms with E-state index in [-0.39, 0.29) is 11.9 Å². The van der Waals surface area contributed by atoms with Crippen molar-refractivity contribution in [3.63, 3.8) is 0 Å². The highest BCUT2D eigenvalue weighted by Gasteiger charge is 2.29. The van der Waals surface area contributed by atoms with Gasteiger partial charge in [-0.05, 0) is 36.6 Å². The largest absolute Gasteiger partial charge is 0.353 e. The molecule has 1 atom stereocenters. The number of likely N-dealkylation sites (tertiary alicyclic amines) is 1. The first kappa shape index (κ1) is 18.8. The smallest absolute Gasteiger partial charge is 0.257 e. The van der Waals surface area contributed by atoms with E-state index in [0.717, 1.165) is 37.8 Å². The number of aryl methyl sites for hydroxylation is 1. The van der Waals surface area contributed by atoms with Gasteiger partial charge < -0.3 is 9.47 Å². The highest BCUT2D eigenvalue weighted by molar-refractivity contribution is 6.31. The molecule has 5 nitrogen and oxygen atoms in total. The Morgan fingerprint density at radius 3 is 2.82 bits per heavy atom. The zero-order valence-electron chi connectivity index (χ0n) is 16.1. The quantitative estimate of drug-likeness (QED) is 0.642. The van der Waals surface area contributed by atoms with Gasteiger partial charge in [0, 0.05) is 36.7 Å². The zero-order chi connectivity index (χ0) is 19.5. The number of carbonyl (C=O) groups excluding carboxylic acids is 1. The molecule has 0 N–H and O–H groups in total. The zero-order valence-corrected chi connectivity index (χ0v) is 16.8. The fraction of sp³-hybridized carbons (Fsp3) is 0.364. The number of nitrogens with zero attached hydrogens (tertiary/aromatic N) is 4. The molecule has 0 aliphatic carbocycles. The molecule has 1 amide bonds. The van der Waals surface area contributed by atoms with Crippen molar-refractivity contribution in [3.05, 3.63) is 76.8 Å². The van der Waals surface area contributed by atoms with E-state index in [9.17, 15) is 4.79 Å². The third-order valence-corrected chi connectivity index (χ3v) is 5.88. The van der Waals surface area contributed by atoms with Crippen LogP contribution < -0.4 is 0 Å². The van der Waals surface area contributed by atoms with Gasteiger partial charge in [0.05, 0.1) is 24.3 Å². The van der Waals surface area contributed by atoms with Gasteiger partial charge in [0.25, 0.3) is 5.91 Å². The Labute approximate surface area is 170 Å². The normalized spacial score (nSPS) is 17.5. The van der Waals surface area contributed by atoms with Crippen LogP contribution in [0.15, 0.2) is 55.0 Å². The van der Waals surface area contributed by atoms with Crippen LogP contribution in [0.25, 0.3) is 0 Å². The van der Waals surface area contributed by atoms with Crippen LogP contribution in [0.4, 0.5) is 0 Å². The predicted octanol–water partition coefficient (Wildman–Crippen LogP) is 4.68. The number of carbonyl (C=O) groups is 1. The molecule has 1 fully saturated rings. The van der Waals surface area contributed by atoms with Crippen LogP contribution >= 0.6 is 11.6 Å². The number of hydrogen-bond acceptors (Lipinski definition) is 2. The second kappa shape index (κ2) is 8.23. The van der Waals surface area contributed by atoms with Crippen molar-refractivity contribution in [3.8, 4) is 0 Å². The Hall–Kier alpha value is -2.53. The number of amides is 1. The highest BCUT2D eigenvalue weighted by Crippen LogP contribution is 2.31. The molecule has 3 heterocycles. The fourth-order valence-corrected chi connectivity index (χ4v) is 4.20. The van der Waals surface area contributed by atoms with Crippen LogP contribution in [-0.4, -0.2) is 31.7 Å². The number of benzene rings is 1. The van der Waals surface area contributed by atoms with Crippen molar-refractivity contribution in [2.75, 3.05) is 6.54 Å². The van der Waals surface area contributed by atoms with Gasteiger partial charge >= 0.3 is 0 Å². The molecule has 1 saturated heterocycles. The average Bonchev–Trinajstić information content (AvgIpc) is 3.26. The predicted molar refractivity (Wildman–Crippen MR) is 110 cm³/mol. The molecule has 1 aliphatic heterocycles. The van der Waals surface area contributed by atoms with E-state index in [2.05, 4.69) is 15.7 Å². The van der Waals surface area contributed by atoms with Gasteiger partial charge in [0.2, 0.25) is 0 Å². The summed E-state index contributed by atoms with van der Waals surface area (Å²) in [6, 6.07) is 12.0. The van der Waals surface area contributed by atoms with Crippen LogP contribution in [0.2, 0.25) is 5.02 Å². The van der Waals surface area contributed by atoms with E-state index < -0.39 is 0 Å². The molecule has 1 aromatic carbocycles. The minimum absolute atomic E-state index is 0.0542. The Balaban J connectivity index is 1.56. The monoisotopic (exact) mass is 396 g/mol. The topological polar surface area (TPSA) is 43.1 Å². The van der Waals surface area contributed by atoms with Crippen LogP contribution in [0.5, 0.6) is 0 Å². The van der Waals surface area contributed by atoms with E-state index in [1.807, 2.05) is 54.7 Å². The standard InChI is InChI=1S/C22H25ClN4O/c1-25-12-7-11-20(25)21-10-3-2-6-13-27(21)22(28)18-14-24-26(16-18)15-17-8-4-5-9-19(17)23/h4-5,7-9,11-12,14,16,21H,2-3,6,10,13,15H2,1H3/t21-/m1/s1. The van der Waals surface area contributed by atoms with Gasteiger partial charge in [0.15, 0.2) is 0 Å². The molecule has 0 unspecified atom stereocenters. The summed E-state index contributed by atoms with van der Waals surface area (Å²) < 4.78 is 3.90. The summed E-state index contributed by atoms with van der Waals surface area (Å²) in [7, 11) is 2.05. The number of rotatable bonds is 4. The van der Waals surface area contributed by atoms with E-state index in [4.69, 9.17) is 11.6 Å². The van der Waals surface area contributed by atoms with Crippen LogP contribution in [-0.2, 0) is 13.6 Å². The van der Waals surface area contributed by atoms with E-state index in [1.165, 1.54) is 5.69 Å². The summed E-state index contributed by atoms with van der Waals surface area (Å²) in [4.78, 5) is 15.4. The Kier molecular flexibility index (Phi) is 5.53. The van der Waals surface area contributed by atoms with E-state index >= 15 is 0 Å². The van der Waals surface area contributed by atoms with Gasteiger partial charge in [0.1, 0.15) is 0 Å². The van der Waals surface area contributed by atoms with Crippen LogP contribution in [0, 0.1) is 0 Å². The number of hydrogen-bond donors (Lipinski definition) is 0. The lowest BCUT2D eigenvalue weighted by atomic mass is 10.1. The van der Waals surface area contributed by atoms with Gasteiger partial charge in [-0.1, -0.05) is 42.6 Å². The van der Waals surface area contributed by atoms with E-state index in [1.54, 1.807) is 10.9 Å². The third-order valence-electron chi connectivity index (χ3n) is 5.51. The summed E-state index contributed by atoms with van der Waals surface area (Å²) in [5.74, 6) is 0.0542. The Bertz CT molecular complexity index is 961. The second-order valence-electron chi connectivity index (χ2n) is 7.43. The first-order valence-corrected chi connectivity index (χ1v) is 10.2. The molecule has 146 valence electrons. The summed E-state index contributed by atoms with van der Waals surface area (Å²) >= 11 is 6.26. The minimum Gasteiger partial charge on any atom is -0.353 e. The maximum atomic E-state index is 13.3. The van der Waals surface area contributed by atoms with Crippen molar-refractivity contribution in [2.45, 2.75) is 38.3 Å². The van der Waals surface area contributed by atoms with Crippen molar-refractivity contribution in [1.29, 1.82) is 0 Å². The lowest BCUT2D eigenvalue weighted by Gasteiger charge is -2.30. The van der Waals surface area contributed by atoms with Gasteiger partial charge in [-0.2, -0.15) is 5.10 Å². The van der Waals surface area contributed by atoms with E-state index in [0.29, 0.717) is 17.1 Å². The highest BCUT2D eigenvalue weighted by atomic mass is 35.5. The summed E-state index contributed by atoms with van der Waals surface area (Å²) in [6.45, 7) is 1.33. The molecule has 2 aromatic heterocycles. The molecular weight excluding hydrogens is 372 g/mol. The molecule has 0 bridgehead atoms. The second-order valence-corrected chi connectivity index (χ2v) is 7.83. The van der Waals surface area contributed by atoms with Gasteiger partial charge in [-0.25, -0.2) is 0 Å². The molecular formula is C22H25ClN4O. The number of halogens is 1. The lowest BCUT2D eigenvalue weighted by Crippen LogP contribution is -2.35. The Morgan fingerprint density at radius 2 is 2.04 bits per heavy atom. The lowest BCUT2D eigenvalue weighted by molar-refractivity contribution is 0.0674. The van der Waals surface area contributed by atoms with Crippen molar-refractivity contribution in [2.24, 2.45) is 7.05 Å². The molecule has 0 radical (unpaired) electrons. The molecule has 3 aromatic rings. The summed E-state index contributed by atoms with van der Waals surface area (Å²) in [5.41, 5.74) is 2.81. The SMILES string of the molecule is Cn1cccc1[C@H]1CCCCCN1C(=O)c1cnn(Cc2ccccc2Cl)c1. The maximum Gasteiger partial charge on any atom is 0.257 e. The third kappa shape index (κ3) is 3.85.